The van der Waals surface area contributed by atoms with Gasteiger partial charge in [0.15, 0.2) is 9.84 Å². The van der Waals surface area contributed by atoms with Crippen LogP contribution in [-0.2, 0) is 30.6 Å². The standard InChI is InChI=1S/C28H31N3O7S2/c1-2-3-16-38-21-11-13-22(14-12-21)40(36,37)25(28(34)31-35)10-6-7-15-29-27(33)18-30-26(32)17-20-19-39-24-9-5-4-8-23(20)24/h4-5,8-9,11-14,19,25,35H,6-7,10,15-18H2,1H3,(H,29,33)(H,30,32)(H,31,34). The molecule has 2 aromatic carbocycles. The minimum Gasteiger partial charge on any atom is -0.481 e. The van der Waals surface area contributed by atoms with E-state index in [1.165, 1.54) is 29.7 Å². The molecule has 0 aliphatic rings. The zero-order chi connectivity index (χ0) is 29.0. The second-order valence-electron chi connectivity index (χ2n) is 8.75. The Labute approximate surface area is 237 Å². The summed E-state index contributed by atoms with van der Waals surface area (Å²) >= 11 is 1.56. The van der Waals surface area contributed by atoms with Crippen molar-refractivity contribution in [2.45, 2.75) is 42.8 Å². The lowest BCUT2D eigenvalue weighted by Gasteiger charge is -2.16. The second-order valence-corrected chi connectivity index (χ2v) is 11.8. The second kappa shape index (κ2) is 15.0. The molecular formula is C28H31N3O7S2. The largest absolute Gasteiger partial charge is 0.481 e. The first-order valence-electron chi connectivity index (χ1n) is 12.5. The number of ether oxygens (including phenoxy) is 1. The Morgan fingerprint density at radius 1 is 1.02 bits per heavy atom. The summed E-state index contributed by atoms with van der Waals surface area (Å²) in [6, 6.07) is 13.4. The van der Waals surface area contributed by atoms with E-state index in [0.717, 1.165) is 15.6 Å². The number of hydroxylamine groups is 1. The zero-order valence-electron chi connectivity index (χ0n) is 21.9. The molecule has 0 aliphatic carbocycles. The Bertz CT molecular complexity index is 1490. The Balaban J connectivity index is 1.42. The number of amides is 3. The van der Waals surface area contributed by atoms with Crippen molar-refractivity contribution in [2.75, 3.05) is 19.7 Å². The molecule has 0 saturated heterocycles. The highest BCUT2D eigenvalue weighted by Crippen LogP contribution is 2.26. The molecule has 0 radical (unpaired) electrons. The monoisotopic (exact) mass is 585 g/mol. The van der Waals surface area contributed by atoms with Crippen LogP contribution in [0.1, 0.15) is 31.7 Å². The molecule has 0 aliphatic heterocycles. The lowest BCUT2D eigenvalue weighted by molar-refractivity contribution is -0.129. The number of carbonyl (C=O) groups excluding carboxylic acids is 3. The van der Waals surface area contributed by atoms with Crippen LogP contribution in [0.5, 0.6) is 5.75 Å². The Morgan fingerprint density at radius 2 is 1.77 bits per heavy atom. The fraction of sp³-hybridized carbons (Fsp3) is 0.321. The Kier molecular flexibility index (Phi) is 11.5. The highest BCUT2D eigenvalue weighted by molar-refractivity contribution is 7.92. The van der Waals surface area contributed by atoms with Gasteiger partial charge in [-0.05, 0) is 72.8 Å². The molecule has 0 fully saturated rings. The third kappa shape index (κ3) is 8.54. The number of fused-ring (bicyclic) bond motifs is 1. The first-order valence-corrected chi connectivity index (χ1v) is 15.0. The van der Waals surface area contributed by atoms with Crippen molar-refractivity contribution >= 4 is 49.0 Å². The van der Waals surface area contributed by atoms with Gasteiger partial charge in [-0.25, -0.2) is 13.9 Å². The lowest BCUT2D eigenvalue weighted by Crippen LogP contribution is -2.39. The highest BCUT2D eigenvalue weighted by Gasteiger charge is 2.33. The van der Waals surface area contributed by atoms with Crippen LogP contribution < -0.4 is 20.9 Å². The summed E-state index contributed by atoms with van der Waals surface area (Å²) < 4.78 is 32.6. The summed E-state index contributed by atoms with van der Waals surface area (Å²) in [5.74, 6) is 4.16. The van der Waals surface area contributed by atoms with Crippen LogP contribution in [0.4, 0.5) is 0 Å². The van der Waals surface area contributed by atoms with Crippen molar-refractivity contribution in [2.24, 2.45) is 0 Å². The fourth-order valence-corrected chi connectivity index (χ4v) is 6.53. The smallest absolute Gasteiger partial charge is 0.262 e. The van der Waals surface area contributed by atoms with Crippen LogP contribution in [0.3, 0.4) is 0 Å². The number of nitrogens with one attached hydrogen (secondary N) is 3. The highest BCUT2D eigenvalue weighted by atomic mass is 32.2. The molecule has 1 aromatic heterocycles. The normalized spacial score (nSPS) is 11.7. The summed E-state index contributed by atoms with van der Waals surface area (Å²) in [5.41, 5.74) is 2.33. The van der Waals surface area contributed by atoms with Crippen molar-refractivity contribution in [3.63, 3.8) is 0 Å². The first-order chi connectivity index (χ1) is 19.3. The summed E-state index contributed by atoms with van der Waals surface area (Å²) in [4.78, 5) is 36.5. The molecule has 0 bridgehead atoms. The van der Waals surface area contributed by atoms with Gasteiger partial charge in [-0.2, -0.15) is 0 Å². The number of carbonyl (C=O) groups is 3. The van der Waals surface area contributed by atoms with Crippen molar-refractivity contribution in [1.29, 1.82) is 0 Å². The molecule has 3 amide bonds. The number of unbranched alkanes of at least 4 members (excludes halogenated alkanes) is 1. The minimum absolute atomic E-state index is 0.0692. The van der Waals surface area contributed by atoms with Gasteiger partial charge >= 0.3 is 0 Å². The van der Waals surface area contributed by atoms with Crippen molar-refractivity contribution in [3.05, 3.63) is 59.5 Å². The summed E-state index contributed by atoms with van der Waals surface area (Å²) in [5, 5.41) is 15.8. The van der Waals surface area contributed by atoms with Gasteiger partial charge in [0.25, 0.3) is 5.91 Å². The van der Waals surface area contributed by atoms with Crippen molar-refractivity contribution < 1.29 is 32.7 Å². The maximum Gasteiger partial charge on any atom is 0.262 e. The van der Waals surface area contributed by atoms with Crippen LogP contribution in [0.15, 0.2) is 58.8 Å². The number of thiophene rings is 1. The van der Waals surface area contributed by atoms with E-state index in [1.807, 2.05) is 29.6 Å². The number of sulfone groups is 1. The quantitative estimate of drug-likeness (QED) is 0.0983. The zero-order valence-corrected chi connectivity index (χ0v) is 23.6. The third-order valence-electron chi connectivity index (χ3n) is 5.99. The summed E-state index contributed by atoms with van der Waals surface area (Å²) in [6.07, 6.45) is 0.770. The number of hydrogen-bond donors (Lipinski definition) is 4. The molecule has 0 spiro atoms. The van der Waals surface area contributed by atoms with Crippen molar-refractivity contribution in [3.8, 4) is 17.6 Å². The molecule has 12 heteroatoms. The van der Waals surface area contributed by atoms with E-state index in [2.05, 4.69) is 22.5 Å². The molecule has 0 saturated carbocycles. The molecule has 3 aromatic rings. The van der Waals surface area contributed by atoms with Crippen LogP contribution in [0.25, 0.3) is 10.1 Å². The van der Waals surface area contributed by atoms with E-state index in [-0.39, 0.29) is 55.7 Å². The molecule has 1 atom stereocenters. The summed E-state index contributed by atoms with van der Waals surface area (Å²) in [7, 11) is -4.10. The SMILES string of the molecule is CC#CCOc1ccc(S(=O)(=O)C(CCCCNC(=O)CNC(=O)Cc2csc3ccccc23)C(=O)NO)cc1. The molecule has 1 unspecified atom stereocenters. The Hall–Kier alpha value is -3.92. The number of hydrogen-bond acceptors (Lipinski definition) is 8. The molecular weight excluding hydrogens is 554 g/mol. The van der Waals surface area contributed by atoms with Crippen LogP contribution in [-0.4, -0.2) is 56.3 Å². The van der Waals surface area contributed by atoms with Crippen LogP contribution >= 0.6 is 11.3 Å². The molecule has 212 valence electrons. The Morgan fingerprint density at radius 3 is 2.50 bits per heavy atom. The van der Waals surface area contributed by atoms with Gasteiger partial charge in [-0.1, -0.05) is 24.1 Å². The molecule has 10 nitrogen and oxygen atoms in total. The maximum absolute atomic E-state index is 13.1. The number of benzene rings is 2. The average molecular weight is 586 g/mol. The average Bonchev–Trinajstić information content (AvgIpc) is 3.36. The topological polar surface area (TPSA) is 151 Å². The summed E-state index contributed by atoms with van der Waals surface area (Å²) in [6.45, 7) is 1.88. The molecule has 3 rings (SSSR count). The van der Waals surface area contributed by atoms with Gasteiger partial charge in [0.1, 0.15) is 17.6 Å². The van der Waals surface area contributed by atoms with Gasteiger partial charge in [0, 0.05) is 11.2 Å². The van der Waals surface area contributed by atoms with Crippen LogP contribution in [0.2, 0.25) is 0 Å². The first kappa shape index (κ1) is 30.6. The van der Waals surface area contributed by atoms with Gasteiger partial charge < -0.3 is 15.4 Å². The molecule has 1 heterocycles. The van der Waals surface area contributed by atoms with Crippen LogP contribution in [0, 0.1) is 11.8 Å². The minimum atomic E-state index is -4.10. The number of rotatable bonds is 14. The van der Waals surface area contributed by atoms with Gasteiger partial charge in [-0.3, -0.25) is 19.6 Å². The maximum atomic E-state index is 13.1. The van der Waals surface area contributed by atoms with E-state index >= 15 is 0 Å². The van der Waals surface area contributed by atoms with E-state index in [1.54, 1.807) is 18.3 Å². The van der Waals surface area contributed by atoms with E-state index in [9.17, 15) is 22.8 Å². The lowest BCUT2D eigenvalue weighted by atomic mass is 10.1. The fourth-order valence-electron chi connectivity index (χ4n) is 3.91. The van der Waals surface area contributed by atoms with E-state index < -0.39 is 21.0 Å². The van der Waals surface area contributed by atoms with Gasteiger partial charge in [0.05, 0.1) is 17.9 Å². The third-order valence-corrected chi connectivity index (χ3v) is 9.13. The van der Waals surface area contributed by atoms with E-state index in [0.29, 0.717) is 12.2 Å². The molecule has 40 heavy (non-hydrogen) atoms. The van der Waals surface area contributed by atoms with E-state index in [4.69, 9.17) is 9.94 Å². The molecule has 4 N–H and O–H groups in total. The van der Waals surface area contributed by atoms with Crippen molar-refractivity contribution in [1.82, 2.24) is 16.1 Å². The van der Waals surface area contributed by atoms with Gasteiger partial charge in [-0.15, -0.1) is 17.3 Å². The predicted octanol–water partition coefficient (Wildman–Crippen LogP) is 2.60. The predicted molar refractivity (Wildman–Crippen MR) is 152 cm³/mol. The van der Waals surface area contributed by atoms with Gasteiger partial charge in [0.2, 0.25) is 11.8 Å².